The first-order valence-electron chi connectivity index (χ1n) is 8.33. The molecule has 3 aromatic rings. The van der Waals surface area contributed by atoms with Gasteiger partial charge in [-0.25, -0.2) is 0 Å². The summed E-state index contributed by atoms with van der Waals surface area (Å²) in [7, 11) is 0. The van der Waals surface area contributed by atoms with Gasteiger partial charge in [0.15, 0.2) is 11.5 Å². The van der Waals surface area contributed by atoms with Crippen LogP contribution in [0.4, 0.5) is 5.13 Å². The molecular formula is C18H15N5O4S. The molecule has 9 nitrogen and oxygen atoms in total. The van der Waals surface area contributed by atoms with E-state index in [2.05, 4.69) is 20.5 Å². The highest BCUT2D eigenvalue weighted by atomic mass is 32.1. The van der Waals surface area contributed by atoms with E-state index in [9.17, 15) is 9.59 Å². The van der Waals surface area contributed by atoms with Crippen LogP contribution in [0, 0.1) is 0 Å². The predicted octanol–water partition coefficient (Wildman–Crippen LogP) is 1.83. The Labute approximate surface area is 163 Å². The maximum absolute atomic E-state index is 12.8. The third-order valence-corrected chi connectivity index (χ3v) is 4.58. The first-order valence-corrected chi connectivity index (χ1v) is 9.21. The van der Waals surface area contributed by atoms with Gasteiger partial charge in [-0.05, 0) is 29.3 Å². The minimum atomic E-state index is -0.776. The minimum Gasteiger partial charge on any atom is -0.454 e. The Bertz CT molecular complexity index is 981. The van der Waals surface area contributed by atoms with E-state index >= 15 is 0 Å². The number of carbonyl (C=O) groups excluding carboxylic acids is 2. The van der Waals surface area contributed by atoms with Crippen LogP contribution in [0.15, 0.2) is 48.2 Å². The highest BCUT2D eigenvalue weighted by Crippen LogP contribution is 2.33. The molecular weight excluding hydrogens is 382 g/mol. The zero-order valence-corrected chi connectivity index (χ0v) is 15.4. The molecule has 0 atom stereocenters. The van der Waals surface area contributed by atoms with Crippen molar-refractivity contribution in [2.45, 2.75) is 13.1 Å². The largest absolute Gasteiger partial charge is 0.454 e. The predicted molar refractivity (Wildman–Crippen MR) is 99.6 cm³/mol. The number of hydrogen-bond donors (Lipinski definition) is 1. The maximum Gasteiger partial charge on any atom is 0.315 e. The molecule has 0 unspecified atom stereocenters. The maximum atomic E-state index is 12.8. The summed E-state index contributed by atoms with van der Waals surface area (Å²) in [5, 5.41) is 10.1. The fourth-order valence-electron chi connectivity index (χ4n) is 2.69. The lowest BCUT2D eigenvalue weighted by Crippen LogP contribution is -2.39. The topological polar surface area (TPSA) is 107 Å². The van der Waals surface area contributed by atoms with Crippen LogP contribution in [0.25, 0.3) is 0 Å². The van der Waals surface area contributed by atoms with E-state index in [0.717, 1.165) is 22.5 Å². The van der Waals surface area contributed by atoms with Crippen molar-refractivity contribution in [3.05, 3.63) is 59.4 Å². The number of anilines is 1. The molecule has 1 aliphatic heterocycles. The third-order valence-electron chi connectivity index (χ3n) is 3.97. The Kier molecular flexibility index (Phi) is 5.11. The second-order valence-electron chi connectivity index (χ2n) is 5.91. The Balaban J connectivity index is 1.54. The molecule has 2 aromatic heterocycles. The first-order chi connectivity index (χ1) is 13.7. The lowest BCUT2D eigenvalue weighted by Gasteiger charge is -2.22. The third kappa shape index (κ3) is 4.07. The van der Waals surface area contributed by atoms with Gasteiger partial charge in [-0.3, -0.25) is 19.9 Å². The molecule has 10 heteroatoms. The molecule has 0 saturated heterocycles. The quantitative estimate of drug-likeness (QED) is 0.655. The Hall–Kier alpha value is -3.53. The number of rotatable bonds is 5. The molecule has 1 aliphatic rings. The van der Waals surface area contributed by atoms with Crippen LogP contribution in [0.1, 0.15) is 11.1 Å². The van der Waals surface area contributed by atoms with Gasteiger partial charge in [-0.1, -0.05) is 23.5 Å². The molecule has 3 heterocycles. The standard InChI is InChI=1S/C18H15N5O4S/c24-16(21-18-22-20-10-28-18)17(25)23(9-13-2-1-5-19-7-13)8-12-3-4-14-15(6-12)27-11-26-14/h1-7,10H,8-9,11H2,(H,21,22,24). The second-order valence-corrected chi connectivity index (χ2v) is 6.74. The van der Waals surface area contributed by atoms with Crippen LogP contribution in [-0.2, 0) is 22.7 Å². The molecule has 0 aliphatic carbocycles. The van der Waals surface area contributed by atoms with Gasteiger partial charge in [0.05, 0.1) is 0 Å². The van der Waals surface area contributed by atoms with Gasteiger partial charge in [0, 0.05) is 25.5 Å². The average Bonchev–Trinajstić information content (AvgIpc) is 3.39. The SMILES string of the molecule is O=C(Nc1nncs1)C(=O)N(Cc1cccnc1)Cc1ccc2c(c1)OCO2. The van der Waals surface area contributed by atoms with Crippen molar-refractivity contribution in [3.8, 4) is 11.5 Å². The molecule has 1 aromatic carbocycles. The summed E-state index contributed by atoms with van der Waals surface area (Å²) in [5.41, 5.74) is 3.09. The van der Waals surface area contributed by atoms with E-state index in [-0.39, 0.29) is 25.0 Å². The number of ether oxygens (including phenoxy) is 2. The number of amides is 2. The van der Waals surface area contributed by atoms with Crippen molar-refractivity contribution in [1.82, 2.24) is 20.1 Å². The first kappa shape index (κ1) is 17.9. The molecule has 1 N–H and O–H groups in total. The summed E-state index contributed by atoms with van der Waals surface area (Å²) in [4.78, 5) is 30.7. The van der Waals surface area contributed by atoms with Gasteiger partial charge in [-0.2, -0.15) is 0 Å². The number of benzene rings is 1. The van der Waals surface area contributed by atoms with E-state index in [1.54, 1.807) is 30.6 Å². The van der Waals surface area contributed by atoms with Crippen LogP contribution in [0.5, 0.6) is 11.5 Å². The number of hydrogen-bond acceptors (Lipinski definition) is 8. The van der Waals surface area contributed by atoms with Crippen LogP contribution >= 0.6 is 11.3 Å². The number of nitrogens with one attached hydrogen (secondary N) is 1. The Morgan fingerprint density at radius 2 is 2.00 bits per heavy atom. The van der Waals surface area contributed by atoms with Gasteiger partial charge in [0.2, 0.25) is 11.9 Å². The van der Waals surface area contributed by atoms with Gasteiger partial charge in [-0.15, -0.1) is 10.2 Å². The van der Waals surface area contributed by atoms with E-state index in [1.807, 2.05) is 12.1 Å². The molecule has 0 saturated carbocycles. The van der Waals surface area contributed by atoms with Crippen molar-refractivity contribution < 1.29 is 19.1 Å². The van der Waals surface area contributed by atoms with Crippen LogP contribution in [0.2, 0.25) is 0 Å². The molecule has 4 rings (SSSR count). The van der Waals surface area contributed by atoms with Crippen LogP contribution < -0.4 is 14.8 Å². The van der Waals surface area contributed by atoms with Crippen LogP contribution in [0.3, 0.4) is 0 Å². The van der Waals surface area contributed by atoms with Crippen LogP contribution in [-0.4, -0.2) is 38.7 Å². The summed E-state index contributed by atoms with van der Waals surface area (Å²) >= 11 is 1.14. The van der Waals surface area contributed by atoms with Gasteiger partial charge in [0.25, 0.3) is 0 Å². The molecule has 142 valence electrons. The fraction of sp³-hybridized carbons (Fsp3) is 0.167. The number of nitrogens with zero attached hydrogens (tertiary/aromatic N) is 4. The average molecular weight is 397 g/mol. The fourth-order valence-corrected chi connectivity index (χ4v) is 3.13. The zero-order valence-electron chi connectivity index (χ0n) is 14.6. The number of pyridine rings is 1. The lowest BCUT2D eigenvalue weighted by molar-refractivity contribution is -0.144. The van der Waals surface area contributed by atoms with Gasteiger partial charge in [0.1, 0.15) is 5.51 Å². The molecule has 0 radical (unpaired) electrons. The van der Waals surface area contributed by atoms with E-state index in [4.69, 9.17) is 9.47 Å². The van der Waals surface area contributed by atoms with Crippen molar-refractivity contribution >= 4 is 28.3 Å². The molecule has 2 amide bonds. The number of carbonyl (C=O) groups is 2. The van der Waals surface area contributed by atoms with Crippen molar-refractivity contribution in [3.63, 3.8) is 0 Å². The van der Waals surface area contributed by atoms with E-state index in [1.165, 1.54) is 10.4 Å². The Morgan fingerprint density at radius 3 is 2.79 bits per heavy atom. The van der Waals surface area contributed by atoms with Gasteiger partial charge >= 0.3 is 11.8 Å². The normalized spacial score (nSPS) is 11.9. The van der Waals surface area contributed by atoms with E-state index in [0.29, 0.717) is 11.5 Å². The van der Waals surface area contributed by atoms with E-state index < -0.39 is 11.8 Å². The highest BCUT2D eigenvalue weighted by molar-refractivity contribution is 7.13. The summed E-state index contributed by atoms with van der Waals surface area (Å²) in [6.45, 7) is 0.611. The van der Waals surface area contributed by atoms with Crippen molar-refractivity contribution in [2.75, 3.05) is 12.1 Å². The highest BCUT2D eigenvalue weighted by Gasteiger charge is 2.24. The number of aromatic nitrogens is 3. The summed E-state index contributed by atoms with van der Waals surface area (Å²) < 4.78 is 10.7. The summed E-state index contributed by atoms with van der Waals surface area (Å²) in [5.74, 6) is -0.189. The molecule has 0 bridgehead atoms. The summed E-state index contributed by atoms with van der Waals surface area (Å²) in [6.07, 6.45) is 3.30. The summed E-state index contributed by atoms with van der Waals surface area (Å²) in [6, 6.07) is 9.04. The minimum absolute atomic E-state index is 0.168. The molecule has 0 spiro atoms. The lowest BCUT2D eigenvalue weighted by atomic mass is 10.1. The molecule has 28 heavy (non-hydrogen) atoms. The molecule has 0 fully saturated rings. The number of fused-ring (bicyclic) bond motifs is 1. The van der Waals surface area contributed by atoms with Gasteiger partial charge < -0.3 is 14.4 Å². The Morgan fingerprint density at radius 1 is 1.14 bits per heavy atom. The monoisotopic (exact) mass is 397 g/mol. The van der Waals surface area contributed by atoms with Crippen molar-refractivity contribution in [2.24, 2.45) is 0 Å². The zero-order chi connectivity index (χ0) is 19.3. The second kappa shape index (κ2) is 8.01. The van der Waals surface area contributed by atoms with Crippen molar-refractivity contribution in [1.29, 1.82) is 0 Å². The smallest absolute Gasteiger partial charge is 0.315 e.